The quantitative estimate of drug-likeness (QED) is 0.0756. The summed E-state index contributed by atoms with van der Waals surface area (Å²) in [6.45, 7) is 12.4. The Hall–Kier alpha value is -12.7. The van der Waals surface area contributed by atoms with Crippen LogP contribution in [-0.2, 0) is 21.1 Å². The van der Waals surface area contributed by atoms with Crippen LogP contribution >= 0.6 is 0 Å². The summed E-state index contributed by atoms with van der Waals surface area (Å²) in [5, 5.41) is 0. The molecule has 0 saturated heterocycles. The molecule has 26 nitrogen and oxygen atoms in total. The van der Waals surface area contributed by atoms with Crippen LogP contribution in [0.15, 0.2) is 156 Å². The first kappa shape index (κ1) is 68.8. The third kappa shape index (κ3) is 15.5. The van der Waals surface area contributed by atoms with Gasteiger partial charge in [-0.15, -0.1) is 0 Å². The van der Waals surface area contributed by atoms with Crippen molar-refractivity contribution in [1.82, 2.24) is 68.4 Å². The van der Waals surface area contributed by atoms with Gasteiger partial charge in [0.2, 0.25) is 17.8 Å². The zero-order chi connectivity index (χ0) is 71.8. The smallest absolute Gasteiger partial charge is 0.231 e. The molecule has 12 aromatic rings. The lowest BCUT2D eigenvalue weighted by Crippen LogP contribution is -2.15. The number of aryl methyl sites for hydroxylation is 4. The number of benzene rings is 4. The highest BCUT2D eigenvalue weighted by Gasteiger charge is 2.26. The van der Waals surface area contributed by atoms with Crippen molar-refractivity contribution >= 4 is 36.5 Å². The Labute approximate surface area is 596 Å². The predicted molar refractivity (Wildman–Crippen MR) is 398 cm³/mol. The number of nitrogens with two attached hydrogens (primary N) is 2. The molecule has 4 aromatic carbocycles. The number of anilines is 2. The van der Waals surface area contributed by atoms with Crippen LogP contribution in [0.25, 0.3) is 90.1 Å². The van der Waals surface area contributed by atoms with E-state index >= 15 is 0 Å². The zero-order valence-electron chi connectivity index (χ0n) is 59.3. The van der Waals surface area contributed by atoms with Gasteiger partial charge in [-0.2, -0.15) is 0 Å². The molecule has 0 bridgehead atoms. The maximum Gasteiger partial charge on any atom is 0.231 e. The molecular weight excluding hydrogens is 1300 g/mol. The highest BCUT2D eigenvalue weighted by Crippen LogP contribution is 2.44. The van der Waals surface area contributed by atoms with Gasteiger partial charge in [0.1, 0.15) is 52.9 Å². The van der Waals surface area contributed by atoms with Crippen LogP contribution in [0.1, 0.15) is 22.8 Å². The molecule has 26 heteroatoms. The van der Waals surface area contributed by atoms with Crippen LogP contribution in [0.5, 0.6) is 46.0 Å². The molecule has 0 aliphatic carbocycles. The van der Waals surface area contributed by atoms with Crippen molar-refractivity contribution < 1.29 is 37.9 Å². The molecule has 16 rings (SSSR count). The Balaban J connectivity index is 0.000000123. The maximum absolute atomic E-state index is 6.07. The molecule has 4 aliphatic heterocycles. The number of imidazole rings is 4. The van der Waals surface area contributed by atoms with Crippen molar-refractivity contribution in [2.45, 2.75) is 27.7 Å². The lowest BCUT2D eigenvalue weighted by molar-refractivity contribution is 0.171. The zero-order valence-corrected chi connectivity index (χ0v) is 59.3. The van der Waals surface area contributed by atoms with Crippen molar-refractivity contribution in [2.75, 3.05) is 92.5 Å². The standard InChI is InChI=1S/2C21H23N5O2.C18H18N4O2.C17H16N4O2/c1-14-11-15(7-8-22-14)19-20(26(4)21(24-19)23-13-25(2)3)16-5-6-17-18(12-16)28-10-9-27-17;1-14-11-16(7-8-22-14)20-19(24-21(26(20)4)23-13-25(2)3)15-5-6-17-18(12-15)28-10-9-27-17;1-11-9-13(5-6-20-11)17-16(21-18(19)22(17)2)12-3-4-14-15(10-12)24-8-7-23-14;1-10-8-12(4-5-19-10)16-15(20-17(18)21-16)11-2-3-13-14(9-11)23-7-6-22-13/h2*5-8,11-13H,9-10H2,1-4H3;3-6,9-10H,7-8H2,1-2H3,(H2,19,21);2-5,8-9H,6-7H2,1H3,(H3,18,20,21). The maximum atomic E-state index is 6.07. The van der Waals surface area contributed by atoms with Gasteiger partial charge in [-0.25, -0.2) is 29.9 Å². The summed E-state index contributed by atoms with van der Waals surface area (Å²) in [5.74, 6) is 8.09. The van der Waals surface area contributed by atoms with Crippen LogP contribution in [-0.4, -0.2) is 162 Å². The van der Waals surface area contributed by atoms with E-state index in [0.29, 0.717) is 76.6 Å². The molecule has 526 valence electrons. The topological polar surface area (TPSA) is 291 Å². The van der Waals surface area contributed by atoms with Crippen molar-refractivity contribution in [3.8, 4) is 136 Å². The molecule has 5 N–H and O–H groups in total. The first-order chi connectivity index (χ1) is 49.9. The number of aliphatic imine (C=N–C) groups is 2. The number of pyridine rings is 4. The van der Waals surface area contributed by atoms with E-state index in [-0.39, 0.29) is 0 Å². The number of H-pyrrole nitrogens is 1. The van der Waals surface area contributed by atoms with Crippen molar-refractivity contribution in [3.63, 3.8) is 0 Å². The van der Waals surface area contributed by atoms with Crippen molar-refractivity contribution in [2.24, 2.45) is 31.1 Å². The van der Waals surface area contributed by atoms with Gasteiger partial charge in [-0.3, -0.25) is 19.9 Å². The second kappa shape index (κ2) is 30.4. The first-order valence-corrected chi connectivity index (χ1v) is 33.4. The van der Waals surface area contributed by atoms with Gasteiger partial charge in [0.25, 0.3) is 0 Å². The number of hydrogen-bond acceptors (Lipinski definition) is 20. The molecule has 103 heavy (non-hydrogen) atoms. The fourth-order valence-corrected chi connectivity index (χ4v) is 12.0. The Morgan fingerprint density at radius 1 is 0.359 bits per heavy atom. The van der Waals surface area contributed by atoms with Gasteiger partial charge in [0.05, 0.1) is 58.2 Å². The fraction of sp³-hybridized carbons (Fsp3) is 0.247. The normalized spacial score (nSPS) is 13.1. The average molecular weight is 1390 g/mol. The summed E-state index contributed by atoms with van der Waals surface area (Å²) in [5.41, 5.74) is 30.7. The molecule has 0 radical (unpaired) electrons. The first-order valence-electron chi connectivity index (χ1n) is 33.4. The molecule has 0 fully saturated rings. The third-order valence-corrected chi connectivity index (χ3v) is 16.8. The van der Waals surface area contributed by atoms with Gasteiger partial charge in [0, 0.05) is 141 Å². The second-order valence-corrected chi connectivity index (χ2v) is 25.0. The van der Waals surface area contributed by atoms with E-state index in [1.165, 1.54) is 0 Å². The summed E-state index contributed by atoms with van der Waals surface area (Å²) < 4.78 is 51.2. The van der Waals surface area contributed by atoms with E-state index in [1.54, 1.807) is 31.3 Å². The number of nitrogens with one attached hydrogen (secondary N) is 1. The second-order valence-electron chi connectivity index (χ2n) is 25.0. The van der Waals surface area contributed by atoms with Crippen molar-refractivity contribution in [1.29, 1.82) is 0 Å². The molecular formula is C77H80N18O8. The number of fused-ring (bicyclic) bond motifs is 4. The van der Waals surface area contributed by atoms with Gasteiger partial charge < -0.3 is 77.8 Å². The van der Waals surface area contributed by atoms with Gasteiger partial charge in [-0.1, -0.05) is 0 Å². The number of nitrogens with zero attached hydrogens (tertiary/aromatic N) is 15. The van der Waals surface area contributed by atoms with E-state index < -0.39 is 0 Å². The van der Waals surface area contributed by atoms with Crippen LogP contribution in [0.2, 0.25) is 0 Å². The highest BCUT2D eigenvalue weighted by molar-refractivity contribution is 5.86. The number of ether oxygens (including phenoxy) is 8. The van der Waals surface area contributed by atoms with Crippen molar-refractivity contribution in [3.05, 3.63) is 169 Å². The fourth-order valence-electron chi connectivity index (χ4n) is 12.0. The third-order valence-electron chi connectivity index (χ3n) is 16.8. The molecule has 0 unspecified atom stereocenters. The lowest BCUT2D eigenvalue weighted by Gasteiger charge is -2.19. The van der Waals surface area contributed by atoms with Crippen LogP contribution in [0.3, 0.4) is 0 Å². The lowest BCUT2D eigenvalue weighted by atomic mass is 10.0. The SMILES string of the molecule is Cc1cc(-c2[nH]c(N)nc2-c2ccc3c(c2)OCCO3)ccn1.Cc1cc(-c2c(-c3ccc4c(c3)OCCO4)nc(N)n2C)ccn1.Cc1cc(-c2c(-c3ccc4c(c3)OCCO4)nc(N=CN(C)C)n2C)ccn1.Cc1cc(-c2nc(N=CN(C)C)n(C)c2-c2ccc3c(c2)OCCO3)ccn1. The summed E-state index contributed by atoms with van der Waals surface area (Å²) >= 11 is 0. The molecule has 0 atom stereocenters. The molecule has 0 saturated carbocycles. The number of aromatic amines is 1. The minimum absolute atomic E-state index is 0.374. The van der Waals surface area contributed by atoms with Gasteiger partial charge in [-0.05, 0) is 149 Å². The highest BCUT2D eigenvalue weighted by atomic mass is 16.6. The molecule has 0 spiro atoms. The van der Waals surface area contributed by atoms with Crippen LogP contribution < -0.4 is 49.4 Å². The molecule has 8 aromatic heterocycles. The van der Waals surface area contributed by atoms with E-state index in [1.807, 2.05) is 222 Å². The van der Waals surface area contributed by atoms with E-state index in [0.717, 1.165) is 159 Å². The monoisotopic (exact) mass is 1380 g/mol. The Bertz CT molecular complexity index is 5110. The molecule has 4 aliphatic rings. The molecule has 0 amide bonds. The number of rotatable bonds is 12. The number of aromatic nitrogens is 12. The van der Waals surface area contributed by atoms with Gasteiger partial charge in [0.15, 0.2) is 51.9 Å². The summed E-state index contributed by atoms with van der Waals surface area (Å²) in [6, 6.07) is 39.5. The molecule has 12 heterocycles. The number of nitrogen functional groups attached to an aromatic ring is 2. The predicted octanol–water partition coefficient (Wildman–Crippen LogP) is 12.5. The Kier molecular flexibility index (Phi) is 20.3. The summed E-state index contributed by atoms with van der Waals surface area (Å²) in [4.78, 5) is 51.7. The minimum Gasteiger partial charge on any atom is -0.486 e. The summed E-state index contributed by atoms with van der Waals surface area (Å²) in [6.07, 6.45) is 10.7. The Morgan fingerprint density at radius 2 is 0.660 bits per heavy atom. The van der Waals surface area contributed by atoms with E-state index in [2.05, 4.69) is 50.9 Å². The van der Waals surface area contributed by atoms with Crippen LogP contribution in [0, 0.1) is 27.7 Å². The van der Waals surface area contributed by atoms with E-state index in [4.69, 9.17) is 59.3 Å². The average Bonchev–Trinajstić information content (AvgIpc) is 1.66. The van der Waals surface area contributed by atoms with E-state index in [9.17, 15) is 0 Å². The largest absolute Gasteiger partial charge is 0.486 e. The summed E-state index contributed by atoms with van der Waals surface area (Å²) in [7, 11) is 13.6. The minimum atomic E-state index is 0.374. The van der Waals surface area contributed by atoms with Gasteiger partial charge >= 0.3 is 0 Å². The van der Waals surface area contributed by atoms with Crippen LogP contribution in [0.4, 0.5) is 23.8 Å². The number of hydrogen-bond donors (Lipinski definition) is 3. The Morgan fingerprint density at radius 3 is 1.06 bits per heavy atom.